The molecule has 0 bridgehead atoms. The molecule has 34 heavy (non-hydrogen) atoms. The second-order valence-electron chi connectivity index (χ2n) is 9.60. The zero-order valence-corrected chi connectivity index (χ0v) is 18.6. The molecular weight excluding hydrogens is 441 g/mol. The fourth-order valence-electron chi connectivity index (χ4n) is 5.65. The molecule has 4 aliphatic rings. The average Bonchev–Trinajstić information content (AvgIpc) is 3.38. The van der Waals surface area contributed by atoms with Gasteiger partial charge in [-0.2, -0.15) is 0 Å². The highest BCUT2D eigenvalue weighted by atomic mass is 19.1. The van der Waals surface area contributed by atoms with Gasteiger partial charge < -0.3 is 25.8 Å². The van der Waals surface area contributed by atoms with E-state index in [1.165, 1.54) is 11.0 Å². The fourth-order valence-corrected chi connectivity index (χ4v) is 5.65. The van der Waals surface area contributed by atoms with Crippen molar-refractivity contribution >= 4 is 23.6 Å². The molecule has 1 aromatic heterocycles. The summed E-state index contributed by atoms with van der Waals surface area (Å²) in [6.07, 6.45) is 3.04. The van der Waals surface area contributed by atoms with E-state index in [0.29, 0.717) is 37.4 Å². The van der Waals surface area contributed by atoms with Gasteiger partial charge in [-0.05, 0) is 61.4 Å². The molecule has 2 amide bonds. The molecule has 4 unspecified atom stereocenters. The number of nitrogens with two attached hydrogens (primary N) is 1. The summed E-state index contributed by atoms with van der Waals surface area (Å²) in [6, 6.07) is 8.61. The predicted octanol–water partition coefficient (Wildman–Crippen LogP) is 1.88. The van der Waals surface area contributed by atoms with Gasteiger partial charge in [0, 0.05) is 18.1 Å². The Morgan fingerprint density at radius 3 is 2.91 bits per heavy atom. The van der Waals surface area contributed by atoms with E-state index in [1.807, 2.05) is 6.07 Å². The molecule has 2 aromatic rings. The molecule has 1 aromatic carbocycles. The maximum absolute atomic E-state index is 14.1. The summed E-state index contributed by atoms with van der Waals surface area (Å²) in [7, 11) is 0. The smallest absolute Gasteiger partial charge is 0.416 e. The number of nitrogens with one attached hydrogen (secondary N) is 2. The van der Waals surface area contributed by atoms with Crippen molar-refractivity contribution in [2.45, 2.75) is 55.8 Å². The Labute approximate surface area is 195 Å². The number of amides is 2. The Hall–Kier alpha value is -3.24. The molecular formula is C24H26FN5O4. The molecule has 2 aliphatic carbocycles. The molecule has 4 N–H and O–H groups in total. The van der Waals surface area contributed by atoms with Crippen molar-refractivity contribution in [3.05, 3.63) is 47.3 Å². The number of hydrogen-bond donors (Lipinski definition) is 3. The zero-order valence-electron chi connectivity index (χ0n) is 18.6. The van der Waals surface area contributed by atoms with Crippen LogP contribution in [0.2, 0.25) is 0 Å². The van der Waals surface area contributed by atoms with Crippen LogP contribution in [0.15, 0.2) is 30.3 Å². The first kappa shape index (κ1) is 21.3. The lowest BCUT2D eigenvalue weighted by molar-refractivity contribution is -0.118. The fraction of sp³-hybridized carbons (Fsp3) is 0.458. The van der Waals surface area contributed by atoms with Gasteiger partial charge in [0.05, 0.1) is 6.54 Å². The number of ether oxygens (including phenoxy) is 2. The average molecular weight is 468 g/mol. The van der Waals surface area contributed by atoms with Gasteiger partial charge in [-0.1, -0.05) is 12.1 Å². The van der Waals surface area contributed by atoms with Crippen LogP contribution < -0.4 is 26.0 Å². The number of aromatic nitrogens is 1. The lowest BCUT2D eigenvalue weighted by atomic mass is 9.78. The van der Waals surface area contributed by atoms with Crippen molar-refractivity contribution in [2.75, 3.05) is 23.4 Å². The number of pyridine rings is 1. The van der Waals surface area contributed by atoms with Crippen LogP contribution >= 0.6 is 0 Å². The largest absolute Gasteiger partial charge is 0.480 e. The lowest BCUT2D eigenvalue weighted by Gasteiger charge is -2.41. The molecule has 10 heteroatoms. The first-order valence-corrected chi connectivity index (χ1v) is 11.6. The number of anilines is 2. The standard InChI is InChI=1S/C24H26FN5O4/c25-17-3-1-2-13-8-15(9-16(13)17)27-14-6-7-24(19(26)10-14)12-30(23(32)34-24)20-5-4-18-22(28-20)29-21(31)11-33-18/h1-5,14-15,19,27H,6-12,26H2,(H,28,29,31). The number of benzene rings is 1. The zero-order chi connectivity index (χ0) is 23.4. The quantitative estimate of drug-likeness (QED) is 0.631. The topological polar surface area (TPSA) is 119 Å². The molecule has 2 aliphatic heterocycles. The van der Waals surface area contributed by atoms with E-state index in [4.69, 9.17) is 15.2 Å². The van der Waals surface area contributed by atoms with Crippen molar-refractivity contribution in [2.24, 2.45) is 5.73 Å². The third kappa shape index (κ3) is 3.57. The molecule has 2 fully saturated rings. The second-order valence-corrected chi connectivity index (χ2v) is 9.60. The van der Waals surface area contributed by atoms with Crippen LogP contribution in [0.4, 0.5) is 20.8 Å². The van der Waals surface area contributed by atoms with Crippen LogP contribution in [0.1, 0.15) is 30.4 Å². The highest BCUT2D eigenvalue weighted by Crippen LogP contribution is 2.39. The van der Waals surface area contributed by atoms with Gasteiger partial charge in [-0.25, -0.2) is 14.2 Å². The summed E-state index contributed by atoms with van der Waals surface area (Å²) in [5.41, 5.74) is 7.65. The summed E-state index contributed by atoms with van der Waals surface area (Å²) in [5.74, 6) is 0.695. The normalized spacial score (nSPS) is 29.9. The van der Waals surface area contributed by atoms with Crippen LogP contribution in [-0.4, -0.2) is 53.9 Å². The van der Waals surface area contributed by atoms with E-state index < -0.39 is 11.7 Å². The highest BCUT2D eigenvalue weighted by Gasteiger charge is 2.53. The number of hydrogen-bond acceptors (Lipinski definition) is 7. The van der Waals surface area contributed by atoms with Gasteiger partial charge >= 0.3 is 6.09 Å². The van der Waals surface area contributed by atoms with Crippen LogP contribution in [0, 0.1) is 5.82 Å². The Balaban J connectivity index is 1.12. The molecule has 178 valence electrons. The lowest BCUT2D eigenvalue weighted by Crippen LogP contribution is -2.58. The maximum atomic E-state index is 14.1. The van der Waals surface area contributed by atoms with Crippen molar-refractivity contribution < 1.29 is 23.5 Å². The number of fused-ring (bicyclic) bond motifs is 2. The van der Waals surface area contributed by atoms with Gasteiger partial charge in [-0.3, -0.25) is 9.69 Å². The summed E-state index contributed by atoms with van der Waals surface area (Å²) >= 11 is 0. The van der Waals surface area contributed by atoms with E-state index in [-0.39, 0.29) is 42.3 Å². The van der Waals surface area contributed by atoms with E-state index in [0.717, 1.165) is 24.0 Å². The Kier molecular flexibility index (Phi) is 4.96. The van der Waals surface area contributed by atoms with E-state index in [2.05, 4.69) is 15.6 Å². The maximum Gasteiger partial charge on any atom is 0.416 e. The molecule has 1 saturated carbocycles. The molecule has 6 rings (SSSR count). The number of rotatable bonds is 3. The molecule has 1 saturated heterocycles. The molecule has 4 atom stereocenters. The first-order valence-electron chi connectivity index (χ1n) is 11.6. The third-order valence-corrected chi connectivity index (χ3v) is 7.41. The van der Waals surface area contributed by atoms with Crippen LogP contribution in [0.25, 0.3) is 0 Å². The number of nitrogens with zero attached hydrogens (tertiary/aromatic N) is 2. The van der Waals surface area contributed by atoms with Gasteiger partial charge in [0.25, 0.3) is 5.91 Å². The van der Waals surface area contributed by atoms with Gasteiger partial charge in [-0.15, -0.1) is 0 Å². The van der Waals surface area contributed by atoms with Crippen molar-refractivity contribution in [3.8, 4) is 5.75 Å². The van der Waals surface area contributed by atoms with Crippen LogP contribution in [0.3, 0.4) is 0 Å². The molecule has 0 radical (unpaired) electrons. The number of halogens is 1. The monoisotopic (exact) mass is 467 g/mol. The second kappa shape index (κ2) is 7.92. The third-order valence-electron chi connectivity index (χ3n) is 7.41. The Bertz CT molecular complexity index is 1180. The van der Waals surface area contributed by atoms with Crippen molar-refractivity contribution in [3.63, 3.8) is 0 Å². The van der Waals surface area contributed by atoms with Crippen molar-refractivity contribution in [1.29, 1.82) is 0 Å². The van der Waals surface area contributed by atoms with E-state index >= 15 is 0 Å². The van der Waals surface area contributed by atoms with Gasteiger partial charge in [0.1, 0.15) is 17.2 Å². The first-order chi connectivity index (χ1) is 16.4. The summed E-state index contributed by atoms with van der Waals surface area (Å²) in [6.45, 7) is 0.231. The molecule has 1 spiro atoms. The molecule has 9 nitrogen and oxygen atoms in total. The number of carbonyl (C=O) groups is 2. The van der Waals surface area contributed by atoms with E-state index in [9.17, 15) is 14.0 Å². The summed E-state index contributed by atoms with van der Waals surface area (Å²) in [5, 5.41) is 6.31. The number of carbonyl (C=O) groups excluding carboxylic acids is 2. The SMILES string of the molecule is NC1CC(NC2Cc3cccc(F)c3C2)CCC12CN(c1ccc3c(n1)NC(=O)CO3)C(=O)O2. The van der Waals surface area contributed by atoms with Crippen molar-refractivity contribution in [1.82, 2.24) is 10.3 Å². The highest BCUT2D eigenvalue weighted by molar-refractivity contribution is 5.95. The van der Waals surface area contributed by atoms with Gasteiger partial charge in [0.15, 0.2) is 18.2 Å². The predicted molar refractivity (Wildman–Crippen MR) is 121 cm³/mol. The Morgan fingerprint density at radius 1 is 1.21 bits per heavy atom. The van der Waals surface area contributed by atoms with Crippen LogP contribution in [0.5, 0.6) is 5.75 Å². The summed E-state index contributed by atoms with van der Waals surface area (Å²) in [4.78, 5) is 30.3. The minimum Gasteiger partial charge on any atom is -0.480 e. The van der Waals surface area contributed by atoms with Crippen LogP contribution in [-0.2, 0) is 22.4 Å². The Morgan fingerprint density at radius 2 is 2.09 bits per heavy atom. The molecule has 3 heterocycles. The van der Waals surface area contributed by atoms with E-state index in [1.54, 1.807) is 18.2 Å². The summed E-state index contributed by atoms with van der Waals surface area (Å²) < 4.78 is 25.3. The minimum absolute atomic E-state index is 0.0607. The minimum atomic E-state index is -0.794. The van der Waals surface area contributed by atoms with Gasteiger partial charge in [0.2, 0.25) is 0 Å².